The highest BCUT2D eigenvalue weighted by Crippen LogP contribution is 2.32. The van der Waals surface area contributed by atoms with Crippen LogP contribution in [0.4, 0.5) is 5.69 Å². The van der Waals surface area contributed by atoms with Crippen molar-refractivity contribution in [3.8, 4) is 17.0 Å². The molecule has 0 radical (unpaired) electrons. The SMILES string of the molecule is CC(=O)Nc1ccc2nc(-c3ccccc3OCCN3CCOCC3)cc(C)c2c1. The molecule has 6 nitrogen and oxygen atoms in total. The van der Waals surface area contributed by atoms with E-state index in [4.69, 9.17) is 14.5 Å². The second-order valence-electron chi connectivity index (χ2n) is 7.54. The molecule has 0 unspecified atom stereocenters. The van der Waals surface area contributed by atoms with Gasteiger partial charge in [-0.2, -0.15) is 0 Å². The lowest BCUT2D eigenvalue weighted by atomic mass is 10.0. The summed E-state index contributed by atoms with van der Waals surface area (Å²) in [5.74, 6) is 0.756. The number of anilines is 1. The lowest BCUT2D eigenvalue weighted by molar-refractivity contribution is -0.114. The molecular weight excluding hydrogens is 378 g/mol. The Kier molecular flexibility index (Phi) is 6.26. The van der Waals surface area contributed by atoms with Crippen molar-refractivity contribution in [3.05, 3.63) is 54.1 Å². The third-order valence-electron chi connectivity index (χ3n) is 5.27. The average Bonchev–Trinajstić information content (AvgIpc) is 2.75. The molecule has 1 amide bonds. The third kappa shape index (κ3) is 4.78. The van der Waals surface area contributed by atoms with E-state index in [-0.39, 0.29) is 5.91 Å². The number of aromatic nitrogens is 1. The Bertz CT molecular complexity index is 1050. The summed E-state index contributed by atoms with van der Waals surface area (Å²) in [5, 5.41) is 3.86. The number of morpholine rings is 1. The summed E-state index contributed by atoms with van der Waals surface area (Å²) >= 11 is 0. The van der Waals surface area contributed by atoms with Gasteiger partial charge in [0.05, 0.1) is 24.4 Å². The second kappa shape index (κ2) is 9.24. The molecule has 0 bridgehead atoms. The smallest absolute Gasteiger partial charge is 0.221 e. The van der Waals surface area contributed by atoms with Gasteiger partial charge in [-0.15, -0.1) is 0 Å². The van der Waals surface area contributed by atoms with Crippen molar-refractivity contribution < 1.29 is 14.3 Å². The zero-order valence-electron chi connectivity index (χ0n) is 17.5. The van der Waals surface area contributed by atoms with Crippen molar-refractivity contribution in [1.82, 2.24) is 9.88 Å². The van der Waals surface area contributed by atoms with Crippen molar-refractivity contribution in [2.45, 2.75) is 13.8 Å². The Labute approximate surface area is 176 Å². The van der Waals surface area contributed by atoms with Gasteiger partial charge in [0.2, 0.25) is 5.91 Å². The molecule has 1 aliphatic heterocycles. The van der Waals surface area contributed by atoms with Gasteiger partial charge in [0.25, 0.3) is 0 Å². The van der Waals surface area contributed by atoms with E-state index in [1.165, 1.54) is 6.92 Å². The van der Waals surface area contributed by atoms with Crippen molar-refractivity contribution in [1.29, 1.82) is 0 Å². The van der Waals surface area contributed by atoms with Gasteiger partial charge in [0.1, 0.15) is 12.4 Å². The predicted octanol–water partition coefficient (Wildman–Crippen LogP) is 3.88. The molecule has 4 rings (SSSR count). The highest BCUT2D eigenvalue weighted by molar-refractivity contribution is 5.94. The molecule has 1 saturated heterocycles. The minimum absolute atomic E-state index is 0.0836. The number of amides is 1. The van der Waals surface area contributed by atoms with Crippen molar-refractivity contribution in [2.75, 3.05) is 44.8 Å². The van der Waals surface area contributed by atoms with Crippen LogP contribution in [-0.4, -0.2) is 55.2 Å². The van der Waals surface area contributed by atoms with Gasteiger partial charge in [-0.05, 0) is 48.9 Å². The maximum Gasteiger partial charge on any atom is 0.221 e. The lowest BCUT2D eigenvalue weighted by Crippen LogP contribution is -2.38. The molecule has 0 atom stereocenters. The first-order chi connectivity index (χ1) is 14.6. The number of ether oxygens (including phenoxy) is 2. The van der Waals surface area contributed by atoms with E-state index in [2.05, 4.69) is 23.2 Å². The van der Waals surface area contributed by atoms with E-state index < -0.39 is 0 Å². The zero-order chi connectivity index (χ0) is 20.9. The van der Waals surface area contributed by atoms with Gasteiger partial charge in [0, 0.05) is 43.2 Å². The van der Waals surface area contributed by atoms with Crippen LogP contribution in [0, 0.1) is 6.92 Å². The summed E-state index contributed by atoms with van der Waals surface area (Å²) in [5.41, 5.74) is 4.64. The largest absolute Gasteiger partial charge is 0.492 e. The molecule has 2 heterocycles. The molecule has 3 aromatic rings. The number of benzene rings is 2. The van der Waals surface area contributed by atoms with Gasteiger partial charge in [-0.1, -0.05) is 12.1 Å². The van der Waals surface area contributed by atoms with Crippen LogP contribution in [0.25, 0.3) is 22.2 Å². The Morgan fingerprint density at radius 3 is 2.77 bits per heavy atom. The number of aryl methyl sites for hydroxylation is 1. The molecular formula is C24H27N3O3. The summed E-state index contributed by atoms with van der Waals surface area (Å²) < 4.78 is 11.5. The number of carbonyl (C=O) groups excluding carboxylic acids is 1. The summed E-state index contributed by atoms with van der Waals surface area (Å²) in [4.78, 5) is 18.6. The second-order valence-corrected chi connectivity index (χ2v) is 7.54. The quantitative estimate of drug-likeness (QED) is 0.674. The van der Waals surface area contributed by atoms with Crippen LogP contribution >= 0.6 is 0 Å². The fraction of sp³-hybridized carbons (Fsp3) is 0.333. The number of carbonyl (C=O) groups is 1. The van der Waals surface area contributed by atoms with Crippen LogP contribution in [-0.2, 0) is 9.53 Å². The first-order valence-corrected chi connectivity index (χ1v) is 10.3. The third-order valence-corrected chi connectivity index (χ3v) is 5.27. The molecule has 1 aromatic heterocycles. The fourth-order valence-corrected chi connectivity index (χ4v) is 3.73. The average molecular weight is 405 g/mol. The highest BCUT2D eigenvalue weighted by atomic mass is 16.5. The summed E-state index contributed by atoms with van der Waals surface area (Å²) in [6.07, 6.45) is 0. The van der Waals surface area contributed by atoms with E-state index in [9.17, 15) is 4.79 Å². The van der Waals surface area contributed by atoms with E-state index in [1.54, 1.807) is 0 Å². The zero-order valence-corrected chi connectivity index (χ0v) is 17.5. The fourth-order valence-electron chi connectivity index (χ4n) is 3.73. The minimum Gasteiger partial charge on any atom is -0.492 e. The predicted molar refractivity (Wildman–Crippen MR) is 119 cm³/mol. The van der Waals surface area contributed by atoms with Crippen LogP contribution in [0.2, 0.25) is 0 Å². The molecule has 6 heteroatoms. The lowest BCUT2D eigenvalue weighted by Gasteiger charge is -2.26. The van der Waals surface area contributed by atoms with Crippen LogP contribution in [0.5, 0.6) is 5.75 Å². The number of fused-ring (bicyclic) bond motifs is 1. The molecule has 1 fully saturated rings. The maximum atomic E-state index is 11.3. The molecule has 156 valence electrons. The molecule has 1 N–H and O–H groups in total. The monoisotopic (exact) mass is 405 g/mol. The minimum atomic E-state index is -0.0836. The van der Waals surface area contributed by atoms with Crippen LogP contribution in [0.3, 0.4) is 0 Å². The Balaban J connectivity index is 1.56. The maximum absolute atomic E-state index is 11.3. The first kappa shape index (κ1) is 20.3. The number of pyridine rings is 1. The summed E-state index contributed by atoms with van der Waals surface area (Å²) in [6.45, 7) is 8.58. The van der Waals surface area contributed by atoms with Crippen LogP contribution in [0.15, 0.2) is 48.5 Å². The molecule has 30 heavy (non-hydrogen) atoms. The van der Waals surface area contributed by atoms with Crippen molar-refractivity contribution >= 4 is 22.5 Å². The Hall–Kier alpha value is -2.96. The Morgan fingerprint density at radius 1 is 1.17 bits per heavy atom. The number of hydrogen-bond acceptors (Lipinski definition) is 5. The van der Waals surface area contributed by atoms with E-state index >= 15 is 0 Å². The van der Waals surface area contributed by atoms with E-state index in [1.807, 2.05) is 42.5 Å². The summed E-state index contributed by atoms with van der Waals surface area (Å²) in [6, 6.07) is 15.9. The van der Waals surface area contributed by atoms with Gasteiger partial charge >= 0.3 is 0 Å². The van der Waals surface area contributed by atoms with Gasteiger partial charge in [0.15, 0.2) is 0 Å². The van der Waals surface area contributed by atoms with E-state index in [0.717, 1.165) is 72.0 Å². The Morgan fingerprint density at radius 2 is 1.97 bits per heavy atom. The molecule has 2 aromatic carbocycles. The molecule has 0 spiro atoms. The standard InChI is InChI=1S/C24H27N3O3/c1-17-15-23(26-22-8-7-19(16-21(17)22)25-18(2)28)20-5-3-4-6-24(20)30-14-11-27-9-12-29-13-10-27/h3-8,15-16H,9-14H2,1-2H3,(H,25,28). The van der Waals surface area contributed by atoms with Gasteiger partial charge in [-0.3, -0.25) is 9.69 Å². The van der Waals surface area contributed by atoms with E-state index in [0.29, 0.717) is 6.61 Å². The molecule has 0 saturated carbocycles. The first-order valence-electron chi connectivity index (χ1n) is 10.3. The molecule has 0 aliphatic carbocycles. The van der Waals surface area contributed by atoms with Gasteiger partial charge < -0.3 is 14.8 Å². The number of nitrogens with zero attached hydrogens (tertiary/aromatic N) is 2. The molecule has 1 aliphatic rings. The summed E-state index contributed by atoms with van der Waals surface area (Å²) in [7, 11) is 0. The topological polar surface area (TPSA) is 63.7 Å². The van der Waals surface area contributed by atoms with Gasteiger partial charge in [-0.25, -0.2) is 4.98 Å². The number of rotatable bonds is 6. The normalized spacial score (nSPS) is 14.6. The number of nitrogens with one attached hydrogen (secondary N) is 1. The number of hydrogen-bond donors (Lipinski definition) is 1. The van der Waals surface area contributed by atoms with Crippen molar-refractivity contribution in [2.24, 2.45) is 0 Å². The van der Waals surface area contributed by atoms with Crippen molar-refractivity contribution in [3.63, 3.8) is 0 Å². The van der Waals surface area contributed by atoms with Crippen LogP contribution < -0.4 is 10.1 Å². The highest BCUT2D eigenvalue weighted by Gasteiger charge is 2.13. The van der Waals surface area contributed by atoms with Crippen LogP contribution in [0.1, 0.15) is 12.5 Å². The number of para-hydroxylation sites is 1.